The van der Waals surface area contributed by atoms with Crippen LogP contribution in [-0.4, -0.2) is 41.2 Å². The van der Waals surface area contributed by atoms with Crippen LogP contribution in [0.5, 0.6) is 0 Å². The van der Waals surface area contributed by atoms with Crippen molar-refractivity contribution in [2.45, 2.75) is 65.6 Å². The Morgan fingerprint density at radius 1 is 1.29 bits per heavy atom. The van der Waals surface area contributed by atoms with Gasteiger partial charge in [-0.2, -0.15) is 0 Å². The zero-order valence-electron chi connectivity index (χ0n) is 17.0. The Bertz CT molecular complexity index is 403. The highest BCUT2D eigenvalue weighted by Gasteiger charge is 2.42. The Morgan fingerprint density at radius 3 is 2.46 bits per heavy atom. The molecule has 142 valence electrons. The van der Waals surface area contributed by atoms with Crippen LogP contribution in [0.4, 0.5) is 0 Å². The van der Waals surface area contributed by atoms with Crippen molar-refractivity contribution >= 4 is 14.1 Å². The lowest BCUT2D eigenvalue weighted by atomic mass is 9.81. The molecule has 4 atom stereocenters. The average molecular weight is 359 g/mol. The molecular weight excluding hydrogens is 320 g/mol. The van der Waals surface area contributed by atoms with E-state index in [1.54, 1.807) is 7.11 Å². The Hall–Kier alpha value is -0.233. The van der Waals surface area contributed by atoms with Crippen molar-refractivity contribution in [3.8, 4) is 0 Å². The molecule has 0 N–H and O–H groups in total. The summed E-state index contributed by atoms with van der Waals surface area (Å²) in [5.41, 5.74) is 0. The largest absolute Gasteiger partial charge is 0.417 e. The second-order valence-corrected chi connectivity index (χ2v) is 13.7. The third-order valence-electron chi connectivity index (χ3n) is 6.17. The highest BCUT2D eigenvalue weighted by molar-refractivity contribution is 6.74. The summed E-state index contributed by atoms with van der Waals surface area (Å²) in [5.74, 6) is 1.71. The molecule has 1 aliphatic carbocycles. The Labute approximate surface area is 149 Å². The number of hydrogen-bond acceptors (Lipinski definition) is 4. The molecule has 5 heteroatoms. The van der Waals surface area contributed by atoms with Gasteiger partial charge in [-0.15, -0.1) is 0 Å². The molecule has 0 amide bonds. The maximum Gasteiger partial charge on any atom is 0.191 e. The van der Waals surface area contributed by atoms with E-state index in [2.05, 4.69) is 47.7 Å². The molecule has 0 spiro atoms. The lowest BCUT2D eigenvalue weighted by Crippen LogP contribution is -2.41. The molecule has 0 aromatic carbocycles. The lowest BCUT2D eigenvalue weighted by molar-refractivity contribution is -0.120. The number of hydrogen-bond donors (Lipinski definition) is 0. The maximum absolute atomic E-state index is 12.3. The van der Waals surface area contributed by atoms with Gasteiger partial charge in [-0.25, -0.2) is 0 Å². The van der Waals surface area contributed by atoms with Gasteiger partial charge >= 0.3 is 0 Å². The van der Waals surface area contributed by atoms with E-state index in [4.69, 9.17) is 13.9 Å². The molecule has 0 radical (unpaired) electrons. The highest BCUT2D eigenvalue weighted by Crippen LogP contribution is 2.42. The van der Waals surface area contributed by atoms with Crippen molar-refractivity contribution in [1.82, 2.24) is 0 Å². The number of carbonyl (C=O) groups excluding carboxylic acids is 1. The van der Waals surface area contributed by atoms with Crippen molar-refractivity contribution < 1.29 is 18.7 Å². The molecular formula is C19H38O4Si. The minimum Gasteiger partial charge on any atom is -0.417 e. The van der Waals surface area contributed by atoms with Gasteiger partial charge in [0.1, 0.15) is 12.6 Å². The van der Waals surface area contributed by atoms with E-state index in [1.807, 2.05) is 0 Å². The van der Waals surface area contributed by atoms with Crippen LogP contribution in [0.3, 0.4) is 0 Å². The summed E-state index contributed by atoms with van der Waals surface area (Å²) in [4.78, 5) is 12.3. The standard InChI is InChI=1S/C19H38O4Si/c1-14(12-22-13-21-6)17-11-18(20)15(2)16(17)9-10-23-24(7,8)19(3,4)5/h14-17H,9-13H2,1-8H3/t14-,15+,16+,17+/m1/s1. The second-order valence-electron chi connectivity index (χ2n) is 8.94. The van der Waals surface area contributed by atoms with Gasteiger partial charge in [-0.1, -0.05) is 34.6 Å². The van der Waals surface area contributed by atoms with E-state index in [-0.39, 0.29) is 11.0 Å². The Morgan fingerprint density at radius 2 is 1.92 bits per heavy atom. The van der Waals surface area contributed by atoms with Gasteiger partial charge in [-0.3, -0.25) is 4.79 Å². The summed E-state index contributed by atoms with van der Waals surface area (Å²) < 4.78 is 16.8. The number of methoxy groups -OCH3 is 1. The molecule has 0 aromatic rings. The van der Waals surface area contributed by atoms with Crippen LogP contribution in [0.15, 0.2) is 0 Å². The molecule has 0 aromatic heterocycles. The maximum atomic E-state index is 12.3. The van der Waals surface area contributed by atoms with Crippen LogP contribution in [0.2, 0.25) is 18.1 Å². The van der Waals surface area contributed by atoms with Gasteiger partial charge in [-0.05, 0) is 42.3 Å². The number of Topliss-reactive ketones (excluding diaryl/α,β-unsaturated/α-hetero) is 1. The zero-order valence-corrected chi connectivity index (χ0v) is 18.0. The summed E-state index contributed by atoms with van der Waals surface area (Å²) in [5, 5.41) is 0.227. The topological polar surface area (TPSA) is 44.8 Å². The molecule has 24 heavy (non-hydrogen) atoms. The minimum atomic E-state index is -1.72. The molecule has 0 heterocycles. The van der Waals surface area contributed by atoms with Crippen molar-refractivity contribution in [2.75, 3.05) is 27.1 Å². The first-order valence-corrected chi connectivity index (χ1v) is 12.2. The van der Waals surface area contributed by atoms with E-state index in [9.17, 15) is 4.79 Å². The molecule has 1 rings (SSSR count). The Kier molecular flexibility index (Phi) is 8.11. The molecule has 1 aliphatic rings. The summed E-state index contributed by atoms with van der Waals surface area (Å²) in [7, 11) is -0.0853. The van der Waals surface area contributed by atoms with Gasteiger partial charge in [0.15, 0.2) is 8.32 Å². The fourth-order valence-electron chi connectivity index (χ4n) is 3.37. The zero-order chi connectivity index (χ0) is 18.5. The van der Waals surface area contributed by atoms with Crippen LogP contribution in [0.25, 0.3) is 0 Å². The fourth-order valence-corrected chi connectivity index (χ4v) is 4.44. The lowest BCUT2D eigenvalue weighted by Gasteiger charge is -2.37. The summed E-state index contributed by atoms with van der Waals surface area (Å²) in [6, 6.07) is 0. The molecule has 4 nitrogen and oxygen atoms in total. The number of rotatable bonds is 9. The molecule has 0 saturated heterocycles. The number of ether oxygens (including phenoxy) is 2. The van der Waals surface area contributed by atoms with Crippen LogP contribution < -0.4 is 0 Å². The van der Waals surface area contributed by atoms with E-state index < -0.39 is 8.32 Å². The van der Waals surface area contributed by atoms with E-state index in [1.165, 1.54) is 0 Å². The van der Waals surface area contributed by atoms with Crippen LogP contribution in [-0.2, 0) is 18.7 Å². The van der Waals surface area contributed by atoms with Gasteiger partial charge in [0.25, 0.3) is 0 Å². The monoisotopic (exact) mass is 358 g/mol. The van der Waals surface area contributed by atoms with Crippen molar-refractivity contribution in [2.24, 2.45) is 23.7 Å². The first-order chi connectivity index (χ1) is 11.0. The predicted molar refractivity (Wildman–Crippen MR) is 101 cm³/mol. The molecule has 1 fully saturated rings. The van der Waals surface area contributed by atoms with Crippen molar-refractivity contribution in [1.29, 1.82) is 0 Å². The van der Waals surface area contributed by atoms with E-state index in [0.717, 1.165) is 13.0 Å². The molecule has 0 bridgehead atoms. The van der Waals surface area contributed by atoms with Gasteiger partial charge in [0, 0.05) is 26.1 Å². The van der Waals surface area contributed by atoms with Gasteiger partial charge in [0.05, 0.1) is 6.61 Å². The third kappa shape index (κ3) is 5.65. The third-order valence-corrected chi connectivity index (χ3v) is 10.7. The fraction of sp³-hybridized carbons (Fsp3) is 0.947. The quantitative estimate of drug-likeness (QED) is 0.346. The predicted octanol–water partition coefficient (Wildman–Crippen LogP) is 4.50. The van der Waals surface area contributed by atoms with Crippen LogP contribution in [0.1, 0.15) is 47.5 Å². The first kappa shape index (κ1) is 21.8. The van der Waals surface area contributed by atoms with Crippen LogP contribution >= 0.6 is 0 Å². The van der Waals surface area contributed by atoms with Gasteiger partial charge < -0.3 is 13.9 Å². The number of ketones is 1. The Balaban J connectivity index is 2.60. The minimum absolute atomic E-state index is 0.142. The first-order valence-electron chi connectivity index (χ1n) is 9.24. The summed E-state index contributed by atoms with van der Waals surface area (Å²) >= 11 is 0. The molecule has 0 unspecified atom stereocenters. The smallest absolute Gasteiger partial charge is 0.191 e. The van der Waals surface area contributed by atoms with E-state index in [0.29, 0.717) is 43.4 Å². The van der Waals surface area contributed by atoms with Gasteiger partial charge in [0.2, 0.25) is 0 Å². The molecule has 0 aliphatic heterocycles. The average Bonchev–Trinajstić information content (AvgIpc) is 2.74. The second kappa shape index (κ2) is 8.92. The van der Waals surface area contributed by atoms with Crippen molar-refractivity contribution in [3.05, 3.63) is 0 Å². The molecule has 1 saturated carbocycles. The highest BCUT2D eigenvalue weighted by atomic mass is 28.4. The summed E-state index contributed by atoms with van der Waals surface area (Å²) in [6.45, 7) is 17.4. The normalized spacial score (nSPS) is 26.8. The van der Waals surface area contributed by atoms with Crippen molar-refractivity contribution in [3.63, 3.8) is 0 Å². The van der Waals surface area contributed by atoms with Crippen LogP contribution in [0, 0.1) is 23.7 Å². The number of carbonyl (C=O) groups is 1. The SMILES string of the molecule is COCOC[C@@H](C)[C@@H]1CC(=O)[C@@H](C)[C@@H]1CCO[Si](C)(C)C(C)(C)C. The summed E-state index contributed by atoms with van der Waals surface area (Å²) in [6.07, 6.45) is 1.65. The van der Waals surface area contributed by atoms with E-state index >= 15 is 0 Å².